The Morgan fingerprint density at radius 3 is 2.33 bits per heavy atom. The molecule has 1 aliphatic heterocycles. The summed E-state index contributed by atoms with van der Waals surface area (Å²) in [5, 5.41) is -1.27. The Hall–Kier alpha value is -1.50. The average Bonchev–Trinajstić information content (AvgIpc) is 2.58. The molecule has 0 aromatic carbocycles. The van der Waals surface area contributed by atoms with E-state index >= 15 is 0 Å². The normalized spacial score (nSPS) is 20.5. The van der Waals surface area contributed by atoms with Gasteiger partial charge in [0.05, 0.1) is 0 Å². The zero-order valence-corrected chi connectivity index (χ0v) is 10.9. The summed E-state index contributed by atoms with van der Waals surface area (Å²) in [5.41, 5.74) is 2.02. The van der Waals surface area contributed by atoms with Crippen molar-refractivity contribution in [2.24, 2.45) is 0 Å². The second kappa shape index (κ2) is 4.31. The second-order valence-electron chi connectivity index (χ2n) is 4.41. The molecule has 1 unspecified atom stereocenters. The third-order valence-corrected chi connectivity index (χ3v) is 3.98. The molecule has 0 radical (unpaired) electrons. The van der Waals surface area contributed by atoms with Crippen LogP contribution in [0.1, 0.15) is 17.8 Å². The molecule has 2 heterocycles. The lowest BCUT2D eigenvalue weighted by Gasteiger charge is -2.17. The number of anilines is 1. The van der Waals surface area contributed by atoms with Crippen molar-refractivity contribution in [3.05, 3.63) is 23.5 Å². The van der Waals surface area contributed by atoms with Gasteiger partial charge in [-0.2, -0.15) is 8.42 Å². The number of amides is 1. The quantitative estimate of drug-likeness (QED) is 0.756. The number of aromatic nitrogens is 1. The number of hydrogen-bond donors (Lipinski definition) is 0. The largest absolute Gasteiger partial charge is 0.311 e. The van der Waals surface area contributed by atoms with Gasteiger partial charge in [0.15, 0.2) is 0 Å². The topological polar surface area (TPSA) is 67.3 Å². The van der Waals surface area contributed by atoms with Crippen molar-refractivity contribution in [1.29, 1.82) is 0 Å². The summed E-state index contributed by atoms with van der Waals surface area (Å²) < 4.78 is 34.6. The minimum Gasteiger partial charge on any atom is -0.311 e. The minimum absolute atomic E-state index is 0.138. The van der Waals surface area contributed by atoms with E-state index < -0.39 is 15.5 Å². The van der Waals surface area contributed by atoms with Gasteiger partial charge in [0, 0.05) is 30.0 Å². The smallest absolute Gasteiger partial charge is 0.307 e. The molecule has 1 amide bonds. The van der Waals surface area contributed by atoms with E-state index in [0.29, 0.717) is 5.69 Å². The van der Waals surface area contributed by atoms with E-state index in [-0.39, 0.29) is 18.9 Å². The maximum Gasteiger partial charge on any atom is 0.307 e. The van der Waals surface area contributed by atoms with E-state index in [1.54, 1.807) is 26.0 Å². The van der Waals surface area contributed by atoms with Crippen molar-refractivity contribution in [2.75, 3.05) is 11.4 Å². The van der Waals surface area contributed by atoms with Crippen molar-refractivity contribution in [2.45, 2.75) is 25.5 Å². The van der Waals surface area contributed by atoms with Crippen LogP contribution in [0.2, 0.25) is 0 Å². The zero-order chi connectivity index (χ0) is 13.5. The summed E-state index contributed by atoms with van der Waals surface area (Å²) in [6.45, 7) is 3.42. The van der Waals surface area contributed by atoms with Crippen molar-refractivity contribution in [3.63, 3.8) is 0 Å². The van der Waals surface area contributed by atoms with E-state index in [1.165, 1.54) is 4.90 Å². The van der Waals surface area contributed by atoms with Crippen molar-refractivity contribution in [3.8, 4) is 0 Å². The molecule has 1 aromatic rings. The molecule has 18 heavy (non-hydrogen) atoms. The maximum absolute atomic E-state index is 12.9. The van der Waals surface area contributed by atoms with Gasteiger partial charge in [0.2, 0.25) is 5.91 Å². The van der Waals surface area contributed by atoms with Gasteiger partial charge in [-0.1, -0.05) is 0 Å². The van der Waals surface area contributed by atoms with Crippen LogP contribution in [-0.2, 0) is 15.0 Å². The standard InChI is InChI=1S/C11H13FN2O3S/c1-7-3-9(4-8(2)13-7)14-6-10(5-11(14)15)18(12,16)17/h3-4,10H,5-6H2,1-2H3. The van der Waals surface area contributed by atoms with Crippen LogP contribution in [0.15, 0.2) is 12.1 Å². The monoisotopic (exact) mass is 272 g/mol. The zero-order valence-electron chi connectivity index (χ0n) is 10.1. The molecule has 0 saturated carbocycles. The summed E-state index contributed by atoms with van der Waals surface area (Å²) in [4.78, 5) is 17.2. The Balaban J connectivity index is 2.32. The Morgan fingerprint density at radius 1 is 1.33 bits per heavy atom. The molecule has 98 valence electrons. The number of halogens is 1. The molecule has 0 aliphatic carbocycles. The van der Waals surface area contributed by atoms with Crippen molar-refractivity contribution in [1.82, 2.24) is 4.98 Å². The molecule has 1 saturated heterocycles. The van der Waals surface area contributed by atoms with E-state index in [9.17, 15) is 17.1 Å². The molecule has 0 bridgehead atoms. The third kappa shape index (κ3) is 2.50. The van der Waals surface area contributed by atoms with Gasteiger partial charge in [0.1, 0.15) is 5.25 Å². The molecule has 1 fully saturated rings. The highest BCUT2D eigenvalue weighted by atomic mass is 32.3. The highest BCUT2D eigenvalue weighted by molar-refractivity contribution is 7.87. The Morgan fingerprint density at radius 2 is 1.89 bits per heavy atom. The van der Waals surface area contributed by atoms with Crippen molar-refractivity contribution < 1.29 is 17.1 Å². The molecule has 0 N–H and O–H groups in total. The molecule has 1 aliphatic rings. The predicted molar refractivity (Wildman–Crippen MR) is 64.5 cm³/mol. The first-order valence-electron chi connectivity index (χ1n) is 5.46. The predicted octanol–water partition coefficient (Wildman–Crippen LogP) is 1.10. The van der Waals surface area contributed by atoms with Gasteiger partial charge < -0.3 is 4.90 Å². The summed E-state index contributed by atoms with van der Waals surface area (Å²) >= 11 is 0. The van der Waals surface area contributed by atoms with E-state index in [4.69, 9.17) is 0 Å². The molecule has 5 nitrogen and oxygen atoms in total. The summed E-state index contributed by atoms with van der Waals surface area (Å²) in [7, 11) is -4.67. The number of carbonyl (C=O) groups excluding carboxylic acids is 1. The average molecular weight is 272 g/mol. The molecule has 1 atom stereocenters. The summed E-state index contributed by atoms with van der Waals surface area (Å²) in [6.07, 6.45) is -0.306. The molecular weight excluding hydrogens is 259 g/mol. The van der Waals surface area contributed by atoms with Crippen LogP contribution in [0.3, 0.4) is 0 Å². The third-order valence-electron chi connectivity index (χ3n) is 2.87. The van der Waals surface area contributed by atoms with Crippen LogP contribution in [0.4, 0.5) is 9.57 Å². The molecular formula is C11H13FN2O3S. The van der Waals surface area contributed by atoms with Gasteiger partial charge in [0.25, 0.3) is 0 Å². The van der Waals surface area contributed by atoms with Gasteiger partial charge >= 0.3 is 10.2 Å². The number of rotatable bonds is 2. The SMILES string of the molecule is Cc1cc(N2CC(S(=O)(=O)F)CC2=O)cc(C)n1. The first-order valence-corrected chi connectivity index (χ1v) is 6.91. The molecule has 0 spiro atoms. The number of carbonyl (C=O) groups is 1. The van der Waals surface area contributed by atoms with E-state index in [2.05, 4.69) is 4.98 Å². The lowest BCUT2D eigenvalue weighted by Crippen LogP contribution is -2.27. The maximum atomic E-state index is 12.9. The number of pyridine rings is 1. The lowest BCUT2D eigenvalue weighted by molar-refractivity contribution is -0.117. The lowest BCUT2D eigenvalue weighted by atomic mass is 10.2. The number of aryl methyl sites for hydroxylation is 2. The van der Waals surface area contributed by atoms with Gasteiger partial charge in [-0.3, -0.25) is 9.78 Å². The van der Waals surface area contributed by atoms with Crippen LogP contribution in [0.5, 0.6) is 0 Å². The van der Waals surface area contributed by atoms with Crippen molar-refractivity contribution >= 4 is 21.8 Å². The molecule has 7 heteroatoms. The van der Waals surface area contributed by atoms with Gasteiger partial charge in [-0.05, 0) is 26.0 Å². The first kappa shape index (κ1) is 12.9. The highest BCUT2D eigenvalue weighted by Crippen LogP contribution is 2.26. The molecule has 2 rings (SSSR count). The minimum atomic E-state index is -4.67. The van der Waals surface area contributed by atoms with Crippen LogP contribution in [-0.4, -0.2) is 31.1 Å². The second-order valence-corrected chi connectivity index (χ2v) is 6.03. The van der Waals surface area contributed by atoms with Gasteiger partial charge in [-0.25, -0.2) is 0 Å². The fraction of sp³-hybridized carbons (Fsp3) is 0.455. The van der Waals surface area contributed by atoms with Gasteiger partial charge in [-0.15, -0.1) is 3.89 Å². The Kier molecular flexibility index (Phi) is 3.10. The van der Waals surface area contributed by atoms with Crippen LogP contribution in [0, 0.1) is 13.8 Å². The fourth-order valence-electron chi connectivity index (χ4n) is 2.08. The Bertz CT molecular complexity index is 580. The molecule has 1 aromatic heterocycles. The van der Waals surface area contributed by atoms with Crippen LogP contribution in [0.25, 0.3) is 0 Å². The fourth-order valence-corrected chi connectivity index (χ4v) is 2.75. The number of nitrogens with zero attached hydrogens (tertiary/aromatic N) is 2. The number of hydrogen-bond acceptors (Lipinski definition) is 4. The van der Waals surface area contributed by atoms with Crippen LogP contribution < -0.4 is 4.90 Å². The Labute approximate surface area is 105 Å². The van der Waals surface area contributed by atoms with E-state index in [0.717, 1.165) is 11.4 Å². The first-order chi connectivity index (χ1) is 8.27. The summed E-state index contributed by atoms with van der Waals surface area (Å²) in [6, 6.07) is 3.36. The van der Waals surface area contributed by atoms with Crippen LogP contribution >= 0.6 is 0 Å². The summed E-state index contributed by atoms with van der Waals surface area (Å²) in [5.74, 6) is -0.383. The van der Waals surface area contributed by atoms with E-state index in [1.807, 2.05) is 0 Å². The highest BCUT2D eigenvalue weighted by Gasteiger charge is 2.39.